The predicted molar refractivity (Wildman–Crippen MR) is 51.5 cm³/mol. The van der Waals surface area contributed by atoms with E-state index in [0.717, 1.165) is 11.1 Å². The molecule has 0 bridgehead atoms. The van der Waals surface area contributed by atoms with Crippen molar-refractivity contribution in [1.82, 2.24) is 10.4 Å². The van der Waals surface area contributed by atoms with E-state index in [-0.39, 0.29) is 5.84 Å². The summed E-state index contributed by atoms with van der Waals surface area (Å²) < 4.78 is 38.1. The van der Waals surface area contributed by atoms with Crippen LogP contribution in [0.15, 0.2) is 27.3 Å². The lowest BCUT2D eigenvalue weighted by Gasteiger charge is -2.27. The summed E-state index contributed by atoms with van der Waals surface area (Å²) in [7, 11) is 0. The Hall–Kier alpha value is -0.860. The Morgan fingerprint density at radius 2 is 2.13 bits per heavy atom. The number of nitrogens with two attached hydrogens (primary N) is 1. The standard InChI is InChI=1S/C7H6BrF3N4/c8-3-1-2-4(7(9,10)11)15-5(3)13-6(12)14-15/h1-2,6,14H,12H2. The van der Waals surface area contributed by atoms with Gasteiger partial charge in [-0.25, -0.2) is 4.99 Å². The van der Waals surface area contributed by atoms with Crippen molar-refractivity contribution in [2.24, 2.45) is 10.7 Å². The van der Waals surface area contributed by atoms with Gasteiger partial charge in [0.25, 0.3) is 0 Å². The number of hydrogen-bond acceptors (Lipinski definition) is 4. The fourth-order valence-electron chi connectivity index (χ4n) is 1.29. The molecule has 3 N–H and O–H groups in total. The maximum atomic E-state index is 12.5. The Kier molecular flexibility index (Phi) is 2.36. The summed E-state index contributed by atoms with van der Waals surface area (Å²) in [5.74, 6) is 0.136. The van der Waals surface area contributed by atoms with Crippen molar-refractivity contribution in [3.8, 4) is 0 Å². The SMILES string of the molecule is NC1N=C2C(Br)=CC=C(C(F)(F)F)N2N1. The number of alkyl halides is 3. The fourth-order valence-corrected chi connectivity index (χ4v) is 1.70. The zero-order valence-electron chi connectivity index (χ0n) is 7.22. The van der Waals surface area contributed by atoms with Crippen LogP contribution in [0.2, 0.25) is 0 Å². The molecule has 0 radical (unpaired) electrons. The van der Waals surface area contributed by atoms with Gasteiger partial charge in [-0.05, 0) is 28.1 Å². The van der Waals surface area contributed by atoms with Crippen molar-refractivity contribution < 1.29 is 13.2 Å². The van der Waals surface area contributed by atoms with E-state index in [2.05, 4.69) is 26.3 Å². The molecular formula is C7H6BrF3N4. The molecule has 15 heavy (non-hydrogen) atoms. The van der Waals surface area contributed by atoms with E-state index in [4.69, 9.17) is 5.73 Å². The molecule has 2 aliphatic rings. The van der Waals surface area contributed by atoms with Crippen LogP contribution in [-0.2, 0) is 0 Å². The minimum atomic E-state index is -4.44. The van der Waals surface area contributed by atoms with Crippen LogP contribution in [0.3, 0.4) is 0 Å². The van der Waals surface area contributed by atoms with Crippen molar-refractivity contribution in [1.29, 1.82) is 0 Å². The second kappa shape index (κ2) is 3.32. The molecule has 0 saturated carbocycles. The molecule has 0 saturated heterocycles. The van der Waals surface area contributed by atoms with E-state index >= 15 is 0 Å². The zero-order chi connectivity index (χ0) is 11.2. The van der Waals surface area contributed by atoms with E-state index in [1.807, 2.05) is 0 Å². The number of nitrogens with zero attached hydrogens (tertiary/aromatic N) is 2. The van der Waals surface area contributed by atoms with Gasteiger partial charge in [-0.15, -0.1) is 0 Å². The molecule has 2 heterocycles. The Bertz CT molecular complexity index is 384. The van der Waals surface area contributed by atoms with Gasteiger partial charge in [0.1, 0.15) is 5.70 Å². The normalized spacial score (nSPS) is 25.8. The van der Waals surface area contributed by atoms with Gasteiger partial charge >= 0.3 is 6.18 Å². The maximum absolute atomic E-state index is 12.5. The molecule has 1 atom stereocenters. The summed E-state index contributed by atoms with van der Waals surface area (Å²) in [5, 5.41) is 0.828. The Morgan fingerprint density at radius 3 is 2.73 bits per heavy atom. The van der Waals surface area contributed by atoms with Crippen LogP contribution in [0, 0.1) is 0 Å². The first kappa shape index (κ1) is 10.7. The third kappa shape index (κ3) is 1.80. The van der Waals surface area contributed by atoms with Gasteiger partial charge in [0.15, 0.2) is 12.1 Å². The van der Waals surface area contributed by atoms with Gasteiger partial charge in [-0.1, -0.05) is 0 Å². The number of nitrogens with one attached hydrogen (secondary N) is 1. The smallest absolute Gasteiger partial charge is 0.296 e. The number of rotatable bonds is 0. The number of halogens is 4. The van der Waals surface area contributed by atoms with Gasteiger partial charge in [0.2, 0.25) is 0 Å². The Labute approximate surface area is 91.4 Å². The summed E-state index contributed by atoms with van der Waals surface area (Å²) in [5.41, 5.74) is 6.93. The molecule has 0 aromatic carbocycles. The van der Waals surface area contributed by atoms with E-state index in [9.17, 15) is 13.2 Å². The van der Waals surface area contributed by atoms with Crippen LogP contribution in [0.5, 0.6) is 0 Å². The van der Waals surface area contributed by atoms with E-state index in [0.29, 0.717) is 4.48 Å². The molecule has 82 valence electrons. The van der Waals surface area contributed by atoms with Crippen molar-refractivity contribution in [3.05, 3.63) is 22.3 Å². The first-order chi connectivity index (χ1) is 6.89. The first-order valence-corrected chi connectivity index (χ1v) is 4.73. The van der Waals surface area contributed by atoms with Crippen molar-refractivity contribution in [3.63, 3.8) is 0 Å². The van der Waals surface area contributed by atoms with Crippen LogP contribution < -0.4 is 11.2 Å². The molecule has 1 unspecified atom stereocenters. The van der Waals surface area contributed by atoms with Gasteiger partial charge < -0.3 is 0 Å². The van der Waals surface area contributed by atoms with Crippen molar-refractivity contribution in [2.75, 3.05) is 0 Å². The van der Waals surface area contributed by atoms with Crippen LogP contribution in [0.4, 0.5) is 13.2 Å². The highest BCUT2D eigenvalue weighted by Crippen LogP contribution is 2.33. The Morgan fingerprint density at radius 1 is 1.47 bits per heavy atom. The first-order valence-electron chi connectivity index (χ1n) is 3.94. The highest BCUT2D eigenvalue weighted by Gasteiger charge is 2.43. The van der Waals surface area contributed by atoms with Gasteiger partial charge in [-0.2, -0.15) is 18.6 Å². The lowest BCUT2D eigenvalue weighted by atomic mass is 10.2. The van der Waals surface area contributed by atoms with Crippen LogP contribution >= 0.6 is 15.9 Å². The summed E-state index contributed by atoms with van der Waals surface area (Å²) in [4.78, 5) is 3.81. The molecule has 2 rings (SSSR count). The maximum Gasteiger partial charge on any atom is 0.432 e. The molecule has 0 aromatic heterocycles. The molecule has 0 spiro atoms. The second-order valence-electron chi connectivity index (χ2n) is 2.93. The van der Waals surface area contributed by atoms with Crippen LogP contribution in [0.1, 0.15) is 0 Å². The van der Waals surface area contributed by atoms with Gasteiger partial charge in [0.05, 0.1) is 4.48 Å². The number of hydrazine groups is 1. The number of allylic oxidation sites excluding steroid dienone is 3. The number of amidine groups is 1. The monoisotopic (exact) mass is 282 g/mol. The summed E-state index contributed by atoms with van der Waals surface area (Å²) in [6.07, 6.45) is -3.06. The zero-order valence-corrected chi connectivity index (χ0v) is 8.80. The number of hydrogen-bond donors (Lipinski definition) is 2. The highest BCUT2D eigenvalue weighted by atomic mass is 79.9. The quantitative estimate of drug-likeness (QED) is 0.702. The van der Waals surface area contributed by atoms with Crippen molar-refractivity contribution >= 4 is 21.8 Å². The molecule has 0 fully saturated rings. The number of fused-ring (bicyclic) bond motifs is 1. The van der Waals surface area contributed by atoms with E-state index < -0.39 is 18.2 Å². The molecular weight excluding hydrogens is 277 g/mol. The largest absolute Gasteiger partial charge is 0.432 e. The molecule has 8 heteroatoms. The Balaban J connectivity index is 2.41. The minimum Gasteiger partial charge on any atom is -0.296 e. The second-order valence-corrected chi connectivity index (χ2v) is 3.78. The van der Waals surface area contributed by atoms with Crippen LogP contribution in [0.25, 0.3) is 0 Å². The lowest BCUT2D eigenvalue weighted by molar-refractivity contribution is -0.109. The average molecular weight is 283 g/mol. The summed E-state index contributed by atoms with van der Waals surface area (Å²) in [6, 6.07) is 0. The molecule has 0 aliphatic carbocycles. The van der Waals surface area contributed by atoms with Crippen molar-refractivity contribution in [2.45, 2.75) is 12.5 Å². The third-order valence-corrected chi connectivity index (χ3v) is 2.49. The van der Waals surface area contributed by atoms with Crippen LogP contribution in [-0.4, -0.2) is 23.3 Å². The van der Waals surface area contributed by atoms with E-state index in [1.165, 1.54) is 6.08 Å². The van der Waals surface area contributed by atoms with Gasteiger partial charge in [0, 0.05) is 0 Å². The van der Waals surface area contributed by atoms with E-state index in [1.54, 1.807) is 0 Å². The highest BCUT2D eigenvalue weighted by molar-refractivity contribution is 9.12. The lowest BCUT2D eigenvalue weighted by Crippen LogP contribution is -2.47. The summed E-state index contributed by atoms with van der Waals surface area (Å²) in [6.45, 7) is 0. The predicted octanol–water partition coefficient (Wildman–Crippen LogP) is 1.19. The molecule has 0 aromatic rings. The molecule has 2 aliphatic heterocycles. The topological polar surface area (TPSA) is 53.6 Å². The molecule has 0 amide bonds. The minimum absolute atomic E-state index is 0.136. The molecule has 4 nitrogen and oxygen atoms in total. The summed E-state index contributed by atoms with van der Waals surface area (Å²) >= 11 is 3.10. The van der Waals surface area contributed by atoms with Gasteiger partial charge in [-0.3, -0.25) is 10.7 Å². The third-order valence-electron chi connectivity index (χ3n) is 1.87. The average Bonchev–Trinajstić information content (AvgIpc) is 2.45. The number of aliphatic imine (C=N–C) groups is 1. The fraction of sp³-hybridized carbons (Fsp3) is 0.286.